The molecule has 0 unspecified atom stereocenters. The minimum absolute atomic E-state index is 0.0607. The van der Waals surface area contributed by atoms with Crippen LogP contribution in [0.15, 0.2) is 54.7 Å². The molecule has 1 aromatic heterocycles. The van der Waals surface area contributed by atoms with Crippen LogP contribution in [-0.4, -0.2) is 23.7 Å². The normalized spacial score (nSPS) is 10.7. The average Bonchev–Trinajstić information content (AvgIpc) is 2.79. The summed E-state index contributed by atoms with van der Waals surface area (Å²) in [5.74, 6) is -2.08. The van der Waals surface area contributed by atoms with Gasteiger partial charge in [0.1, 0.15) is 5.82 Å². The third-order valence-electron chi connectivity index (χ3n) is 5.11. The van der Waals surface area contributed by atoms with E-state index in [2.05, 4.69) is 4.98 Å². The van der Waals surface area contributed by atoms with Crippen molar-refractivity contribution in [1.29, 1.82) is 0 Å². The van der Waals surface area contributed by atoms with Crippen LogP contribution in [0.1, 0.15) is 35.7 Å². The molecular weight excluding hydrogens is 400 g/mol. The zero-order valence-electron chi connectivity index (χ0n) is 17.4. The van der Waals surface area contributed by atoms with E-state index in [1.807, 2.05) is 6.07 Å². The standard InChI is InChI=1S/C24H23F2N3O2/c1-3-22(31)29(2)19-11-10-18(23(25)24(19)26)16-6-8-17(9-7-16)20(30)12-4-15-5-13-21(27)28-14-15/h5-11,13-14H,3-4,12H2,1-2H3,(H2,27,28). The van der Waals surface area contributed by atoms with E-state index in [4.69, 9.17) is 5.73 Å². The molecule has 0 fully saturated rings. The Morgan fingerprint density at radius 2 is 1.71 bits per heavy atom. The lowest BCUT2D eigenvalue weighted by atomic mass is 9.99. The lowest BCUT2D eigenvalue weighted by Crippen LogP contribution is -2.26. The number of benzene rings is 2. The van der Waals surface area contributed by atoms with E-state index >= 15 is 0 Å². The maximum atomic E-state index is 14.7. The number of ketones is 1. The summed E-state index contributed by atoms with van der Waals surface area (Å²) in [5.41, 5.74) is 7.33. The molecule has 1 heterocycles. The number of carbonyl (C=O) groups is 2. The molecule has 7 heteroatoms. The fourth-order valence-corrected chi connectivity index (χ4v) is 3.21. The van der Waals surface area contributed by atoms with Gasteiger partial charge in [-0.05, 0) is 35.7 Å². The lowest BCUT2D eigenvalue weighted by molar-refractivity contribution is -0.118. The highest BCUT2D eigenvalue weighted by Gasteiger charge is 2.20. The Hall–Kier alpha value is -3.61. The Bertz CT molecular complexity index is 1100. The molecule has 5 nitrogen and oxygen atoms in total. The summed E-state index contributed by atoms with van der Waals surface area (Å²) in [5, 5.41) is 0. The zero-order valence-corrected chi connectivity index (χ0v) is 17.4. The van der Waals surface area contributed by atoms with Crippen molar-refractivity contribution in [2.45, 2.75) is 26.2 Å². The highest BCUT2D eigenvalue weighted by atomic mass is 19.2. The van der Waals surface area contributed by atoms with Gasteiger partial charge in [-0.2, -0.15) is 0 Å². The van der Waals surface area contributed by atoms with Crippen LogP contribution in [0, 0.1) is 11.6 Å². The van der Waals surface area contributed by atoms with Gasteiger partial charge in [0.05, 0.1) is 5.69 Å². The minimum atomic E-state index is -1.08. The number of aromatic nitrogens is 1. The fraction of sp³-hybridized carbons (Fsp3) is 0.208. The predicted molar refractivity (Wildman–Crippen MR) is 117 cm³/mol. The second kappa shape index (κ2) is 9.47. The van der Waals surface area contributed by atoms with Crippen molar-refractivity contribution >= 4 is 23.2 Å². The predicted octanol–water partition coefficient (Wildman–Crippen LogP) is 4.80. The van der Waals surface area contributed by atoms with Crippen molar-refractivity contribution in [3.05, 3.63) is 77.5 Å². The number of Topliss-reactive ketones (excluding diaryl/α,β-unsaturated/α-hetero) is 1. The molecule has 0 aliphatic heterocycles. The molecule has 160 valence electrons. The quantitative estimate of drug-likeness (QED) is 0.554. The first kappa shape index (κ1) is 22.1. The number of anilines is 2. The van der Waals surface area contributed by atoms with Gasteiger partial charge in [0.15, 0.2) is 17.4 Å². The molecule has 0 saturated heterocycles. The first-order chi connectivity index (χ1) is 14.8. The van der Waals surface area contributed by atoms with Gasteiger partial charge in [0.25, 0.3) is 0 Å². The summed E-state index contributed by atoms with van der Waals surface area (Å²) < 4.78 is 29.2. The minimum Gasteiger partial charge on any atom is -0.384 e. The van der Waals surface area contributed by atoms with Gasteiger partial charge in [-0.25, -0.2) is 13.8 Å². The van der Waals surface area contributed by atoms with Crippen LogP contribution in [0.25, 0.3) is 11.1 Å². The average molecular weight is 423 g/mol. The Morgan fingerprint density at radius 1 is 1.00 bits per heavy atom. The highest BCUT2D eigenvalue weighted by molar-refractivity contribution is 5.96. The smallest absolute Gasteiger partial charge is 0.226 e. The molecule has 0 aliphatic carbocycles. The summed E-state index contributed by atoms with van der Waals surface area (Å²) in [6.45, 7) is 1.65. The number of rotatable bonds is 7. The number of hydrogen-bond donors (Lipinski definition) is 1. The number of nitrogens with zero attached hydrogens (tertiary/aromatic N) is 2. The first-order valence-electron chi connectivity index (χ1n) is 9.90. The molecule has 0 radical (unpaired) electrons. The molecule has 1 amide bonds. The number of pyridine rings is 1. The molecular formula is C24H23F2N3O2. The molecule has 0 spiro atoms. The molecule has 3 rings (SSSR count). The maximum absolute atomic E-state index is 14.7. The number of hydrogen-bond acceptors (Lipinski definition) is 4. The van der Waals surface area contributed by atoms with Crippen LogP contribution >= 0.6 is 0 Å². The van der Waals surface area contributed by atoms with Gasteiger partial charge >= 0.3 is 0 Å². The van der Waals surface area contributed by atoms with Crippen LogP contribution in [0.2, 0.25) is 0 Å². The number of nitrogens with two attached hydrogens (primary N) is 1. The molecule has 0 bridgehead atoms. The summed E-state index contributed by atoms with van der Waals surface area (Å²) in [7, 11) is 1.41. The van der Waals surface area contributed by atoms with Gasteiger partial charge in [0.2, 0.25) is 5.91 Å². The second-order valence-electron chi connectivity index (χ2n) is 7.16. The number of aryl methyl sites for hydroxylation is 1. The summed E-state index contributed by atoms with van der Waals surface area (Å²) in [6.07, 6.45) is 2.64. The van der Waals surface area contributed by atoms with Crippen molar-refractivity contribution in [3.63, 3.8) is 0 Å². The Kier molecular flexibility index (Phi) is 6.74. The van der Waals surface area contributed by atoms with Crippen LogP contribution in [-0.2, 0) is 11.2 Å². The Labute approximate surface area is 179 Å². The van der Waals surface area contributed by atoms with Gasteiger partial charge in [-0.15, -0.1) is 0 Å². The zero-order chi connectivity index (χ0) is 22.5. The second-order valence-corrected chi connectivity index (χ2v) is 7.16. The fourth-order valence-electron chi connectivity index (χ4n) is 3.21. The van der Waals surface area contributed by atoms with Crippen LogP contribution in [0.4, 0.5) is 20.3 Å². The molecule has 0 aliphatic rings. The SMILES string of the molecule is CCC(=O)N(C)c1ccc(-c2ccc(C(=O)CCc3ccc(N)nc3)cc2)c(F)c1F. The van der Waals surface area contributed by atoms with Crippen molar-refractivity contribution < 1.29 is 18.4 Å². The summed E-state index contributed by atoms with van der Waals surface area (Å²) in [4.78, 5) is 29.3. The summed E-state index contributed by atoms with van der Waals surface area (Å²) >= 11 is 0. The van der Waals surface area contributed by atoms with Gasteiger partial charge in [-0.3, -0.25) is 9.59 Å². The van der Waals surface area contributed by atoms with Crippen LogP contribution in [0.5, 0.6) is 0 Å². The monoisotopic (exact) mass is 423 g/mol. The van der Waals surface area contributed by atoms with E-state index < -0.39 is 11.6 Å². The summed E-state index contributed by atoms with van der Waals surface area (Å²) in [6, 6.07) is 12.7. The number of carbonyl (C=O) groups excluding carboxylic acids is 2. The highest BCUT2D eigenvalue weighted by Crippen LogP contribution is 2.30. The van der Waals surface area contributed by atoms with E-state index in [1.165, 1.54) is 19.2 Å². The van der Waals surface area contributed by atoms with Crippen molar-refractivity contribution in [2.75, 3.05) is 17.7 Å². The van der Waals surface area contributed by atoms with Crippen molar-refractivity contribution in [3.8, 4) is 11.1 Å². The number of amides is 1. The van der Waals surface area contributed by atoms with Gasteiger partial charge in [-0.1, -0.05) is 37.3 Å². The lowest BCUT2D eigenvalue weighted by Gasteiger charge is -2.18. The molecule has 2 aromatic carbocycles. The number of halogens is 2. The van der Waals surface area contributed by atoms with E-state index in [0.717, 1.165) is 10.5 Å². The molecule has 2 N–H and O–H groups in total. The van der Waals surface area contributed by atoms with Crippen molar-refractivity contribution in [1.82, 2.24) is 4.98 Å². The topological polar surface area (TPSA) is 76.3 Å². The van der Waals surface area contributed by atoms with Gasteiger partial charge in [0, 0.05) is 37.2 Å². The first-order valence-corrected chi connectivity index (χ1v) is 9.90. The van der Waals surface area contributed by atoms with E-state index in [1.54, 1.807) is 43.5 Å². The number of nitrogen functional groups attached to an aromatic ring is 1. The Morgan fingerprint density at radius 3 is 2.32 bits per heavy atom. The molecule has 31 heavy (non-hydrogen) atoms. The largest absolute Gasteiger partial charge is 0.384 e. The van der Waals surface area contributed by atoms with Crippen molar-refractivity contribution in [2.24, 2.45) is 0 Å². The van der Waals surface area contributed by atoms with Gasteiger partial charge < -0.3 is 10.6 Å². The van der Waals surface area contributed by atoms with E-state index in [9.17, 15) is 18.4 Å². The molecule has 3 aromatic rings. The molecule has 0 atom stereocenters. The maximum Gasteiger partial charge on any atom is 0.226 e. The third kappa shape index (κ3) is 4.94. The van der Waals surface area contributed by atoms with Crippen LogP contribution in [0.3, 0.4) is 0 Å². The van der Waals surface area contributed by atoms with E-state index in [-0.39, 0.29) is 29.4 Å². The van der Waals surface area contributed by atoms with E-state index in [0.29, 0.717) is 29.8 Å². The Balaban J connectivity index is 1.74. The molecule has 0 saturated carbocycles. The third-order valence-corrected chi connectivity index (χ3v) is 5.11. The van der Waals surface area contributed by atoms with Crippen LogP contribution < -0.4 is 10.6 Å².